The van der Waals surface area contributed by atoms with Gasteiger partial charge in [-0.2, -0.15) is 0 Å². The summed E-state index contributed by atoms with van der Waals surface area (Å²) < 4.78 is 0. The molecular weight excluding hydrogens is 228 g/mol. The lowest BCUT2D eigenvalue weighted by molar-refractivity contribution is -0.149. The minimum absolute atomic E-state index is 0.0260. The topological polar surface area (TPSA) is 49.4 Å². The fraction of sp³-hybridized carbons (Fsp3) is 0.857. The average molecular weight is 250 g/mol. The van der Waals surface area contributed by atoms with Crippen LogP contribution >= 0.6 is 0 Å². The van der Waals surface area contributed by atoms with E-state index in [1.807, 2.05) is 4.90 Å². The van der Waals surface area contributed by atoms with Gasteiger partial charge in [0, 0.05) is 5.54 Å². The Kier molecular flexibility index (Phi) is 2.83. The second kappa shape index (κ2) is 4.25. The van der Waals surface area contributed by atoms with Crippen LogP contribution in [0.15, 0.2) is 0 Å². The minimum Gasteiger partial charge on any atom is -0.342 e. The Morgan fingerprint density at radius 3 is 2.44 bits per heavy atom. The SMILES string of the molecule is CC1(N2CC(=O)NC(C3CCCCC3)C2=O)CC1. The number of piperazine rings is 1. The predicted octanol–water partition coefficient (Wildman–Crippen LogP) is 1.45. The van der Waals surface area contributed by atoms with Gasteiger partial charge >= 0.3 is 0 Å². The largest absolute Gasteiger partial charge is 0.342 e. The summed E-state index contributed by atoms with van der Waals surface area (Å²) in [4.78, 5) is 26.2. The van der Waals surface area contributed by atoms with Gasteiger partial charge in [-0.05, 0) is 38.5 Å². The van der Waals surface area contributed by atoms with Crippen molar-refractivity contribution in [3.63, 3.8) is 0 Å². The molecular formula is C14H22N2O2. The van der Waals surface area contributed by atoms with E-state index in [0.29, 0.717) is 5.92 Å². The van der Waals surface area contributed by atoms with Crippen molar-refractivity contribution in [2.75, 3.05) is 6.54 Å². The lowest BCUT2D eigenvalue weighted by Crippen LogP contribution is -2.63. The summed E-state index contributed by atoms with van der Waals surface area (Å²) >= 11 is 0. The van der Waals surface area contributed by atoms with Gasteiger partial charge in [0.15, 0.2) is 0 Å². The van der Waals surface area contributed by atoms with Crippen molar-refractivity contribution in [1.29, 1.82) is 0 Å². The molecule has 3 rings (SSSR count). The maximum absolute atomic E-state index is 12.6. The molecule has 0 spiro atoms. The Morgan fingerprint density at radius 1 is 1.17 bits per heavy atom. The van der Waals surface area contributed by atoms with E-state index < -0.39 is 0 Å². The highest BCUT2D eigenvalue weighted by Gasteiger charge is 2.51. The van der Waals surface area contributed by atoms with Gasteiger partial charge in [0.05, 0.1) is 0 Å². The van der Waals surface area contributed by atoms with Crippen LogP contribution in [0, 0.1) is 5.92 Å². The van der Waals surface area contributed by atoms with Crippen LogP contribution < -0.4 is 5.32 Å². The molecule has 0 bridgehead atoms. The number of carbonyl (C=O) groups is 2. The zero-order valence-electron chi connectivity index (χ0n) is 11.1. The Morgan fingerprint density at radius 2 is 1.83 bits per heavy atom. The number of nitrogens with one attached hydrogen (secondary N) is 1. The van der Waals surface area contributed by atoms with E-state index in [-0.39, 0.29) is 29.9 Å². The molecule has 0 aromatic rings. The second-order valence-electron chi connectivity index (χ2n) is 6.36. The number of hydrogen-bond donors (Lipinski definition) is 1. The first kappa shape index (κ1) is 12.0. The summed E-state index contributed by atoms with van der Waals surface area (Å²) in [7, 11) is 0. The fourth-order valence-corrected chi connectivity index (χ4v) is 3.36. The molecule has 1 N–H and O–H groups in total. The van der Waals surface area contributed by atoms with Crippen molar-refractivity contribution in [3.05, 3.63) is 0 Å². The Hall–Kier alpha value is -1.06. The fourth-order valence-electron chi connectivity index (χ4n) is 3.36. The maximum atomic E-state index is 12.6. The smallest absolute Gasteiger partial charge is 0.246 e. The van der Waals surface area contributed by atoms with Crippen molar-refractivity contribution in [2.24, 2.45) is 5.92 Å². The van der Waals surface area contributed by atoms with Gasteiger partial charge in [-0.25, -0.2) is 0 Å². The van der Waals surface area contributed by atoms with E-state index in [0.717, 1.165) is 25.7 Å². The lowest BCUT2D eigenvalue weighted by atomic mass is 9.82. The number of nitrogens with zero attached hydrogens (tertiary/aromatic N) is 1. The molecule has 1 saturated heterocycles. The molecule has 3 fully saturated rings. The van der Waals surface area contributed by atoms with E-state index in [1.165, 1.54) is 19.3 Å². The quantitative estimate of drug-likeness (QED) is 0.806. The van der Waals surface area contributed by atoms with Crippen LogP contribution in [0.5, 0.6) is 0 Å². The molecule has 2 amide bonds. The first-order valence-electron chi connectivity index (χ1n) is 7.21. The minimum atomic E-state index is -0.246. The van der Waals surface area contributed by atoms with Gasteiger partial charge in [-0.3, -0.25) is 9.59 Å². The van der Waals surface area contributed by atoms with Crippen molar-refractivity contribution in [1.82, 2.24) is 10.2 Å². The third-order valence-corrected chi connectivity index (χ3v) is 4.90. The highest BCUT2D eigenvalue weighted by molar-refractivity contribution is 5.95. The van der Waals surface area contributed by atoms with Crippen LogP contribution in [-0.4, -0.2) is 34.8 Å². The number of hydrogen-bond acceptors (Lipinski definition) is 2. The number of rotatable bonds is 2. The highest BCUT2D eigenvalue weighted by atomic mass is 16.2. The van der Waals surface area contributed by atoms with Crippen molar-refractivity contribution < 1.29 is 9.59 Å². The summed E-state index contributed by atoms with van der Waals surface area (Å²) in [6.07, 6.45) is 7.92. The molecule has 2 aliphatic carbocycles. The van der Waals surface area contributed by atoms with E-state index >= 15 is 0 Å². The molecule has 0 aromatic carbocycles. The summed E-state index contributed by atoms with van der Waals surface area (Å²) in [5.74, 6) is 0.556. The molecule has 1 unspecified atom stereocenters. The molecule has 0 radical (unpaired) electrons. The standard InChI is InChI=1S/C14H22N2O2/c1-14(7-8-14)16-9-11(17)15-12(13(16)18)10-5-3-2-4-6-10/h10,12H,2-9H2,1H3,(H,15,17). The number of carbonyl (C=O) groups excluding carboxylic acids is 2. The third-order valence-electron chi connectivity index (χ3n) is 4.90. The summed E-state index contributed by atoms with van der Waals surface area (Å²) in [6, 6.07) is -0.246. The Labute approximate surface area is 108 Å². The average Bonchev–Trinajstić information content (AvgIpc) is 3.12. The van der Waals surface area contributed by atoms with Crippen LogP contribution in [0.25, 0.3) is 0 Å². The van der Waals surface area contributed by atoms with Gasteiger partial charge in [0.2, 0.25) is 11.8 Å². The third kappa shape index (κ3) is 2.02. The summed E-state index contributed by atoms with van der Waals surface area (Å²) in [5, 5.41) is 2.94. The van der Waals surface area contributed by atoms with Gasteiger partial charge in [-0.15, -0.1) is 0 Å². The molecule has 0 aromatic heterocycles. The molecule has 4 nitrogen and oxygen atoms in total. The first-order chi connectivity index (χ1) is 8.60. The predicted molar refractivity (Wildman–Crippen MR) is 67.9 cm³/mol. The van der Waals surface area contributed by atoms with E-state index in [2.05, 4.69) is 12.2 Å². The molecule has 1 heterocycles. The van der Waals surface area contributed by atoms with E-state index in [1.54, 1.807) is 0 Å². The normalized spacial score (nSPS) is 32.3. The van der Waals surface area contributed by atoms with Crippen molar-refractivity contribution >= 4 is 11.8 Å². The lowest BCUT2D eigenvalue weighted by Gasteiger charge is -2.40. The maximum Gasteiger partial charge on any atom is 0.246 e. The van der Waals surface area contributed by atoms with E-state index in [4.69, 9.17) is 0 Å². The second-order valence-corrected chi connectivity index (χ2v) is 6.36. The van der Waals surface area contributed by atoms with Gasteiger partial charge in [0.1, 0.15) is 12.6 Å². The Bertz CT molecular complexity index is 370. The number of amides is 2. The molecule has 4 heteroatoms. The first-order valence-corrected chi connectivity index (χ1v) is 7.21. The molecule has 1 aliphatic heterocycles. The van der Waals surface area contributed by atoms with Crippen LogP contribution in [0.2, 0.25) is 0 Å². The van der Waals surface area contributed by atoms with Gasteiger partial charge < -0.3 is 10.2 Å². The highest BCUT2D eigenvalue weighted by Crippen LogP contribution is 2.42. The van der Waals surface area contributed by atoms with Crippen molar-refractivity contribution in [2.45, 2.75) is 63.5 Å². The van der Waals surface area contributed by atoms with Crippen LogP contribution in [-0.2, 0) is 9.59 Å². The zero-order chi connectivity index (χ0) is 12.8. The summed E-state index contributed by atoms with van der Waals surface area (Å²) in [6.45, 7) is 2.36. The molecule has 18 heavy (non-hydrogen) atoms. The zero-order valence-corrected chi connectivity index (χ0v) is 11.1. The molecule has 100 valence electrons. The van der Waals surface area contributed by atoms with E-state index in [9.17, 15) is 9.59 Å². The van der Waals surface area contributed by atoms with Crippen molar-refractivity contribution in [3.8, 4) is 0 Å². The van der Waals surface area contributed by atoms with Crippen LogP contribution in [0.3, 0.4) is 0 Å². The van der Waals surface area contributed by atoms with Gasteiger partial charge in [0.25, 0.3) is 0 Å². The molecule has 3 aliphatic rings. The van der Waals surface area contributed by atoms with Crippen LogP contribution in [0.4, 0.5) is 0 Å². The summed E-state index contributed by atoms with van der Waals surface area (Å²) in [5.41, 5.74) is -0.0260. The monoisotopic (exact) mass is 250 g/mol. The van der Waals surface area contributed by atoms with Gasteiger partial charge in [-0.1, -0.05) is 19.3 Å². The molecule has 1 atom stereocenters. The van der Waals surface area contributed by atoms with Crippen LogP contribution in [0.1, 0.15) is 51.9 Å². The Balaban J connectivity index is 1.76. The molecule has 2 saturated carbocycles.